The van der Waals surface area contributed by atoms with E-state index in [0.29, 0.717) is 23.4 Å². The molecule has 0 amide bonds. The summed E-state index contributed by atoms with van der Waals surface area (Å²) in [6.45, 7) is 11.4. The SMILES string of the molecule is CCOC(=O)c1nc(NCCc2c(C)nn(CC)c2C)c2c(C)noc2n1. The van der Waals surface area contributed by atoms with Crippen LogP contribution in [0.2, 0.25) is 0 Å². The van der Waals surface area contributed by atoms with Crippen LogP contribution in [0.5, 0.6) is 0 Å². The molecule has 0 aromatic carbocycles. The first-order valence-electron chi connectivity index (χ1n) is 9.04. The normalized spacial score (nSPS) is 11.1. The van der Waals surface area contributed by atoms with Crippen LogP contribution in [0.4, 0.5) is 5.82 Å². The summed E-state index contributed by atoms with van der Waals surface area (Å²) in [6.07, 6.45) is 0.780. The summed E-state index contributed by atoms with van der Waals surface area (Å²) in [6, 6.07) is 0. The van der Waals surface area contributed by atoms with Crippen molar-refractivity contribution in [2.24, 2.45) is 0 Å². The van der Waals surface area contributed by atoms with E-state index in [1.165, 1.54) is 5.56 Å². The van der Waals surface area contributed by atoms with E-state index < -0.39 is 5.97 Å². The predicted molar refractivity (Wildman–Crippen MR) is 99.9 cm³/mol. The van der Waals surface area contributed by atoms with Gasteiger partial charge in [0.1, 0.15) is 11.2 Å². The Morgan fingerprint density at radius 3 is 2.63 bits per heavy atom. The Hall–Kier alpha value is -2.97. The lowest BCUT2D eigenvalue weighted by Crippen LogP contribution is -2.14. The van der Waals surface area contributed by atoms with E-state index in [1.807, 2.05) is 18.5 Å². The topological polar surface area (TPSA) is 108 Å². The maximum Gasteiger partial charge on any atom is 0.376 e. The van der Waals surface area contributed by atoms with Crippen molar-refractivity contribution in [2.45, 2.75) is 47.6 Å². The zero-order valence-corrected chi connectivity index (χ0v) is 16.3. The van der Waals surface area contributed by atoms with Crippen LogP contribution < -0.4 is 5.32 Å². The van der Waals surface area contributed by atoms with Crippen molar-refractivity contribution in [1.82, 2.24) is 24.9 Å². The Morgan fingerprint density at radius 1 is 1.19 bits per heavy atom. The van der Waals surface area contributed by atoms with Gasteiger partial charge in [0.05, 0.1) is 18.0 Å². The Labute approximate surface area is 157 Å². The monoisotopic (exact) mass is 372 g/mol. The zero-order valence-electron chi connectivity index (χ0n) is 16.3. The Morgan fingerprint density at radius 2 is 1.96 bits per heavy atom. The average molecular weight is 372 g/mol. The number of fused-ring (bicyclic) bond motifs is 1. The van der Waals surface area contributed by atoms with E-state index in [9.17, 15) is 4.79 Å². The third-order valence-electron chi connectivity index (χ3n) is 4.46. The zero-order chi connectivity index (χ0) is 19.6. The van der Waals surface area contributed by atoms with Gasteiger partial charge in [0, 0.05) is 18.8 Å². The third-order valence-corrected chi connectivity index (χ3v) is 4.46. The summed E-state index contributed by atoms with van der Waals surface area (Å²) in [4.78, 5) is 20.5. The van der Waals surface area contributed by atoms with Gasteiger partial charge in [-0.15, -0.1) is 0 Å². The molecule has 0 spiro atoms. The number of nitrogens with one attached hydrogen (secondary N) is 1. The smallest absolute Gasteiger partial charge is 0.376 e. The summed E-state index contributed by atoms with van der Waals surface area (Å²) >= 11 is 0. The summed E-state index contributed by atoms with van der Waals surface area (Å²) in [7, 11) is 0. The number of aromatic nitrogens is 5. The van der Waals surface area contributed by atoms with E-state index in [1.54, 1.807) is 6.92 Å². The number of anilines is 1. The Balaban J connectivity index is 1.84. The van der Waals surface area contributed by atoms with Gasteiger partial charge >= 0.3 is 5.97 Å². The highest BCUT2D eigenvalue weighted by atomic mass is 16.5. The molecule has 0 bridgehead atoms. The Kier molecular flexibility index (Phi) is 5.38. The van der Waals surface area contributed by atoms with Crippen molar-refractivity contribution in [2.75, 3.05) is 18.5 Å². The minimum absolute atomic E-state index is 0.0471. The van der Waals surface area contributed by atoms with E-state index in [2.05, 4.69) is 39.4 Å². The minimum Gasteiger partial charge on any atom is -0.460 e. The van der Waals surface area contributed by atoms with E-state index >= 15 is 0 Å². The molecule has 0 fully saturated rings. The lowest BCUT2D eigenvalue weighted by Gasteiger charge is -2.09. The fraction of sp³-hybridized carbons (Fsp3) is 0.500. The third kappa shape index (κ3) is 3.62. The number of esters is 1. The van der Waals surface area contributed by atoms with Crippen LogP contribution in [0.3, 0.4) is 0 Å². The molecule has 0 aliphatic heterocycles. The van der Waals surface area contributed by atoms with Crippen molar-refractivity contribution < 1.29 is 14.1 Å². The number of carbonyl (C=O) groups excluding carboxylic acids is 1. The van der Waals surface area contributed by atoms with E-state index in [-0.39, 0.29) is 18.1 Å². The maximum atomic E-state index is 12.0. The molecule has 9 heteroatoms. The highest BCUT2D eigenvalue weighted by molar-refractivity contribution is 5.93. The summed E-state index contributed by atoms with van der Waals surface area (Å²) < 4.78 is 12.2. The number of hydrogen-bond donors (Lipinski definition) is 1. The van der Waals surface area contributed by atoms with Gasteiger partial charge in [0.2, 0.25) is 5.82 Å². The minimum atomic E-state index is -0.590. The molecule has 3 rings (SSSR count). The number of nitrogens with zero attached hydrogens (tertiary/aromatic N) is 5. The average Bonchev–Trinajstić information content (AvgIpc) is 3.15. The summed E-state index contributed by atoms with van der Waals surface area (Å²) in [5.74, 6) is -0.124. The molecule has 0 aliphatic carbocycles. The van der Waals surface area contributed by atoms with Crippen molar-refractivity contribution in [3.63, 3.8) is 0 Å². The molecule has 144 valence electrons. The van der Waals surface area contributed by atoms with Gasteiger partial charge in [-0.25, -0.2) is 9.78 Å². The van der Waals surface area contributed by atoms with Crippen LogP contribution in [0.1, 0.15) is 47.1 Å². The predicted octanol–water partition coefficient (Wildman–Crippen LogP) is 2.59. The molecule has 1 N–H and O–H groups in total. The van der Waals surface area contributed by atoms with Gasteiger partial charge in [0.15, 0.2) is 0 Å². The van der Waals surface area contributed by atoms with Crippen LogP contribution in [-0.4, -0.2) is 44.0 Å². The second-order valence-electron chi connectivity index (χ2n) is 6.21. The summed E-state index contributed by atoms with van der Waals surface area (Å²) in [5.41, 5.74) is 4.32. The van der Waals surface area contributed by atoms with Crippen LogP contribution >= 0.6 is 0 Å². The molecule has 0 atom stereocenters. The standard InChI is InChI=1S/C18H24N6O3/c1-6-24-12(5)13(10(3)22-24)8-9-19-15-14-11(4)23-27-17(14)21-16(20-15)18(25)26-7-2/h6-9H2,1-5H3,(H,19,20,21). The maximum absolute atomic E-state index is 12.0. The largest absolute Gasteiger partial charge is 0.460 e. The second-order valence-corrected chi connectivity index (χ2v) is 6.21. The van der Waals surface area contributed by atoms with Gasteiger partial charge < -0.3 is 14.6 Å². The lowest BCUT2D eigenvalue weighted by atomic mass is 10.1. The van der Waals surface area contributed by atoms with Crippen molar-refractivity contribution in [3.05, 3.63) is 28.5 Å². The van der Waals surface area contributed by atoms with E-state index in [4.69, 9.17) is 9.26 Å². The van der Waals surface area contributed by atoms with Gasteiger partial charge in [0.25, 0.3) is 5.71 Å². The number of hydrogen-bond acceptors (Lipinski definition) is 8. The molecule has 0 radical (unpaired) electrons. The second kappa shape index (κ2) is 7.73. The van der Waals surface area contributed by atoms with Crippen LogP contribution in [0, 0.1) is 20.8 Å². The fourth-order valence-electron chi connectivity index (χ4n) is 3.11. The molecule has 0 unspecified atom stereocenters. The first kappa shape index (κ1) is 18.8. The van der Waals surface area contributed by atoms with Crippen LogP contribution in [0.25, 0.3) is 11.1 Å². The quantitative estimate of drug-likeness (QED) is 0.631. The van der Waals surface area contributed by atoms with Gasteiger partial charge in [-0.05, 0) is 46.6 Å². The molecule has 3 aromatic heterocycles. The Bertz CT molecular complexity index is 975. The molecule has 0 aliphatic rings. The molecule has 3 aromatic rings. The summed E-state index contributed by atoms with van der Waals surface area (Å²) in [5, 5.41) is 12.4. The van der Waals surface area contributed by atoms with Gasteiger partial charge in [-0.2, -0.15) is 10.1 Å². The van der Waals surface area contributed by atoms with Crippen molar-refractivity contribution >= 4 is 22.9 Å². The van der Waals surface area contributed by atoms with Crippen molar-refractivity contribution in [3.8, 4) is 0 Å². The number of ether oxygens (including phenoxy) is 1. The van der Waals surface area contributed by atoms with Gasteiger partial charge in [-0.1, -0.05) is 5.16 Å². The highest BCUT2D eigenvalue weighted by Crippen LogP contribution is 2.24. The number of carbonyl (C=O) groups is 1. The molecular formula is C18H24N6O3. The molecule has 27 heavy (non-hydrogen) atoms. The van der Waals surface area contributed by atoms with E-state index in [0.717, 1.165) is 24.4 Å². The molecule has 0 saturated carbocycles. The van der Waals surface area contributed by atoms with Crippen LogP contribution in [0.15, 0.2) is 4.52 Å². The number of rotatable bonds is 7. The fourth-order valence-corrected chi connectivity index (χ4v) is 3.11. The first-order chi connectivity index (χ1) is 13.0. The van der Waals surface area contributed by atoms with Crippen molar-refractivity contribution in [1.29, 1.82) is 0 Å². The molecule has 3 heterocycles. The lowest BCUT2D eigenvalue weighted by molar-refractivity contribution is 0.0512. The molecular weight excluding hydrogens is 348 g/mol. The van der Waals surface area contributed by atoms with Gasteiger partial charge in [-0.3, -0.25) is 4.68 Å². The molecule has 0 saturated heterocycles. The van der Waals surface area contributed by atoms with Crippen LogP contribution in [-0.2, 0) is 17.7 Å². The first-order valence-corrected chi connectivity index (χ1v) is 9.04. The highest BCUT2D eigenvalue weighted by Gasteiger charge is 2.20. The number of aryl methyl sites for hydroxylation is 3. The molecule has 9 nitrogen and oxygen atoms in total.